The third-order valence-electron chi connectivity index (χ3n) is 5.47. The number of hydrogen-bond donors (Lipinski definition) is 1. The molecule has 34 heavy (non-hydrogen) atoms. The average Bonchev–Trinajstić information content (AvgIpc) is 2.80. The first kappa shape index (κ1) is 27.9. The third kappa shape index (κ3) is 7.86. The normalized spacial score (nSPS) is 13.0. The van der Waals surface area contributed by atoms with Crippen molar-refractivity contribution in [1.29, 1.82) is 0 Å². The van der Waals surface area contributed by atoms with Gasteiger partial charge in [-0.25, -0.2) is 8.42 Å². The second kappa shape index (κ2) is 12.4. The summed E-state index contributed by atoms with van der Waals surface area (Å²) in [6, 6.07) is 13.2. The Kier molecular flexibility index (Phi) is 10.2. The second-order valence-electron chi connectivity index (χ2n) is 8.11. The Balaban J connectivity index is 2.36. The van der Waals surface area contributed by atoms with Gasteiger partial charge < -0.3 is 15.0 Å². The average molecular weight is 602 g/mol. The molecule has 0 aliphatic heterocycles. The number of methoxy groups -OCH3 is 1. The van der Waals surface area contributed by atoms with Crippen LogP contribution in [0.15, 0.2) is 48.5 Å². The summed E-state index contributed by atoms with van der Waals surface area (Å²) in [6.45, 7) is 5.22. The Bertz CT molecular complexity index is 1070. The topological polar surface area (TPSA) is 96.0 Å². The fourth-order valence-corrected chi connectivity index (χ4v) is 4.41. The SMILES string of the molecule is CC[C@@H](C)NC(=O)[C@H](C)N(Cc1ccc(OC)cc1)C(=O)CN(c1ccc(I)cc1)S(C)(=O)=O. The molecule has 0 bridgehead atoms. The van der Waals surface area contributed by atoms with Crippen LogP contribution in [0.4, 0.5) is 5.69 Å². The Labute approximate surface area is 215 Å². The van der Waals surface area contributed by atoms with Crippen LogP contribution in [0.25, 0.3) is 0 Å². The zero-order valence-corrected chi connectivity index (χ0v) is 23.1. The van der Waals surface area contributed by atoms with Crippen molar-refractivity contribution >= 4 is 50.1 Å². The molecule has 0 saturated heterocycles. The van der Waals surface area contributed by atoms with Crippen LogP contribution in [0, 0.1) is 3.57 Å². The molecule has 0 aromatic heterocycles. The van der Waals surface area contributed by atoms with Crippen molar-refractivity contribution in [1.82, 2.24) is 10.2 Å². The van der Waals surface area contributed by atoms with Gasteiger partial charge in [0.05, 0.1) is 19.1 Å². The lowest BCUT2D eigenvalue weighted by Gasteiger charge is -2.32. The zero-order chi connectivity index (χ0) is 25.5. The van der Waals surface area contributed by atoms with Crippen LogP contribution in [0.2, 0.25) is 0 Å². The molecule has 2 atom stereocenters. The van der Waals surface area contributed by atoms with Gasteiger partial charge in [0.2, 0.25) is 21.8 Å². The number of anilines is 1. The molecule has 8 nitrogen and oxygen atoms in total. The molecule has 0 saturated carbocycles. The third-order valence-corrected chi connectivity index (χ3v) is 7.33. The van der Waals surface area contributed by atoms with Crippen molar-refractivity contribution in [3.8, 4) is 5.75 Å². The van der Waals surface area contributed by atoms with E-state index in [1.807, 2.05) is 26.0 Å². The minimum Gasteiger partial charge on any atom is -0.497 e. The number of nitrogens with one attached hydrogen (secondary N) is 1. The van der Waals surface area contributed by atoms with Crippen LogP contribution in [-0.2, 0) is 26.2 Å². The fraction of sp³-hybridized carbons (Fsp3) is 0.417. The molecule has 0 heterocycles. The van der Waals surface area contributed by atoms with Crippen LogP contribution in [0.1, 0.15) is 32.8 Å². The summed E-state index contributed by atoms with van der Waals surface area (Å²) in [5, 5.41) is 2.90. The molecule has 0 radical (unpaired) electrons. The van der Waals surface area contributed by atoms with Crippen molar-refractivity contribution in [2.24, 2.45) is 0 Å². The van der Waals surface area contributed by atoms with E-state index in [0.29, 0.717) is 11.4 Å². The lowest BCUT2D eigenvalue weighted by atomic mass is 10.1. The molecule has 0 unspecified atom stereocenters. The molecule has 2 rings (SSSR count). The van der Waals surface area contributed by atoms with Crippen molar-refractivity contribution in [2.75, 3.05) is 24.2 Å². The second-order valence-corrected chi connectivity index (χ2v) is 11.3. The van der Waals surface area contributed by atoms with E-state index in [9.17, 15) is 18.0 Å². The summed E-state index contributed by atoms with van der Waals surface area (Å²) in [4.78, 5) is 27.8. The molecule has 10 heteroatoms. The van der Waals surface area contributed by atoms with Crippen molar-refractivity contribution < 1.29 is 22.7 Å². The predicted octanol–water partition coefficient (Wildman–Crippen LogP) is 3.40. The van der Waals surface area contributed by atoms with Crippen molar-refractivity contribution in [3.63, 3.8) is 0 Å². The maximum atomic E-state index is 13.5. The van der Waals surface area contributed by atoms with Crippen LogP contribution >= 0.6 is 22.6 Å². The number of nitrogens with zero attached hydrogens (tertiary/aromatic N) is 2. The summed E-state index contributed by atoms with van der Waals surface area (Å²) in [5.41, 5.74) is 1.18. The molecule has 2 amide bonds. The lowest BCUT2D eigenvalue weighted by Crippen LogP contribution is -2.52. The summed E-state index contributed by atoms with van der Waals surface area (Å²) < 4.78 is 32.3. The lowest BCUT2D eigenvalue weighted by molar-refractivity contribution is -0.139. The maximum absolute atomic E-state index is 13.5. The van der Waals surface area contributed by atoms with Crippen molar-refractivity contribution in [3.05, 3.63) is 57.7 Å². The van der Waals surface area contributed by atoms with E-state index in [2.05, 4.69) is 27.9 Å². The highest BCUT2D eigenvalue weighted by atomic mass is 127. The van der Waals surface area contributed by atoms with Gasteiger partial charge >= 0.3 is 0 Å². The Morgan fingerprint density at radius 1 is 1.06 bits per heavy atom. The van der Waals surface area contributed by atoms with Gasteiger partial charge in [0.25, 0.3) is 0 Å². The molecule has 0 aliphatic rings. The van der Waals surface area contributed by atoms with Gasteiger partial charge in [-0.1, -0.05) is 19.1 Å². The van der Waals surface area contributed by atoms with E-state index < -0.39 is 28.5 Å². The number of amides is 2. The highest BCUT2D eigenvalue weighted by Gasteiger charge is 2.30. The number of hydrogen-bond acceptors (Lipinski definition) is 5. The summed E-state index contributed by atoms with van der Waals surface area (Å²) >= 11 is 2.13. The summed E-state index contributed by atoms with van der Waals surface area (Å²) in [6.07, 6.45) is 1.81. The first-order valence-corrected chi connectivity index (χ1v) is 13.8. The van der Waals surface area contributed by atoms with Crippen LogP contribution in [0.3, 0.4) is 0 Å². The number of ether oxygens (including phenoxy) is 1. The molecule has 2 aromatic carbocycles. The van der Waals surface area contributed by atoms with E-state index in [-0.39, 0.29) is 18.5 Å². The van der Waals surface area contributed by atoms with E-state index in [1.165, 1.54) is 4.90 Å². The molecule has 0 spiro atoms. The molecule has 186 valence electrons. The summed E-state index contributed by atoms with van der Waals surface area (Å²) in [7, 11) is -2.18. The maximum Gasteiger partial charge on any atom is 0.244 e. The van der Waals surface area contributed by atoms with Gasteiger partial charge in [0, 0.05) is 16.2 Å². The van der Waals surface area contributed by atoms with E-state index in [4.69, 9.17) is 4.74 Å². The largest absolute Gasteiger partial charge is 0.497 e. The number of rotatable bonds is 11. The smallest absolute Gasteiger partial charge is 0.244 e. The van der Waals surface area contributed by atoms with Crippen LogP contribution in [0.5, 0.6) is 5.75 Å². The Morgan fingerprint density at radius 2 is 1.65 bits per heavy atom. The highest BCUT2D eigenvalue weighted by molar-refractivity contribution is 14.1. The molecule has 0 fully saturated rings. The number of benzene rings is 2. The number of halogens is 1. The molecular weight excluding hydrogens is 569 g/mol. The Morgan fingerprint density at radius 3 is 2.15 bits per heavy atom. The van der Waals surface area contributed by atoms with Gasteiger partial charge in [0.15, 0.2) is 0 Å². The van der Waals surface area contributed by atoms with E-state index >= 15 is 0 Å². The predicted molar refractivity (Wildman–Crippen MR) is 142 cm³/mol. The number of sulfonamides is 1. The molecule has 2 aromatic rings. The van der Waals surface area contributed by atoms with Gasteiger partial charge in [0.1, 0.15) is 18.3 Å². The van der Waals surface area contributed by atoms with E-state index in [1.54, 1.807) is 50.4 Å². The van der Waals surface area contributed by atoms with Gasteiger partial charge in [-0.3, -0.25) is 13.9 Å². The van der Waals surface area contributed by atoms with Crippen molar-refractivity contribution in [2.45, 2.75) is 45.8 Å². The minimum absolute atomic E-state index is 0.0489. The number of carbonyl (C=O) groups is 2. The Hall–Kier alpha value is -2.34. The van der Waals surface area contributed by atoms with Gasteiger partial charge in [-0.15, -0.1) is 0 Å². The van der Waals surface area contributed by atoms with Crippen LogP contribution < -0.4 is 14.4 Å². The zero-order valence-electron chi connectivity index (χ0n) is 20.1. The number of carbonyl (C=O) groups excluding carboxylic acids is 2. The fourth-order valence-electron chi connectivity index (χ4n) is 3.20. The summed E-state index contributed by atoms with van der Waals surface area (Å²) in [5.74, 6) is -0.103. The molecular formula is C24H32IN3O5S. The quantitative estimate of drug-likeness (QED) is 0.399. The standard InChI is InChI=1S/C24H32IN3O5S/c1-6-17(2)26-24(30)18(3)27(15-19-7-13-22(33-4)14-8-19)23(29)16-28(34(5,31)32)21-11-9-20(25)10-12-21/h7-14,17-18H,6,15-16H2,1-5H3,(H,26,30)/t17-,18+/m1/s1. The first-order chi connectivity index (χ1) is 16.0. The first-order valence-electron chi connectivity index (χ1n) is 10.9. The molecule has 1 N–H and O–H groups in total. The van der Waals surface area contributed by atoms with E-state index in [0.717, 1.165) is 26.1 Å². The highest BCUT2D eigenvalue weighted by Crippen LogP contribution is 2.21. The van der Waals surface area contributed by atoms with Crippen LogP contribution in [-0.4, -0.2) is 57.1 Å². The van der Waals surface area contributed by atoms with Gasteiger partial charge in [-0.2, -0.15) is 0 Å². The van der Waals surface area contributed by atoms with Gasteiger partial charge in [-0.05, 0) is 84.8 Å². The molecule has 0 aliphatic carbocycles. The monoisotopic (exact) mass is 601 g/mol. The minimum atomic E-state index is -3.74.